The smallest absolute Gasteiger partial charge is 0.242 e. The molecule has 0 amide bonds. The monoisotopic (exact) mass is 356 g/mol. The van der Waals surface area contributed by atoms with Gasteiger partial charge in [0.15, 0.2) is 0 Å². The van der Waals surface area contributed by atoms with Crippen molar-refractivity contribution < 1.29 is 8.42 Å². The first-order chi connectivity index (χ1) is 9.40. The van der Waals surface area contributed by atoms with E-state index in [9.17, 15) is 8.42 Å². The van der Waals surface area contributed by atoms with Crippen LogP contribution >= 0.6 is 35.0 Å². The van der Waals surface area contributed by atoms with Gasteiger partial charge in [0.05, 0.1) is 15.7 Å². The van der Waals surface area contributed by atoms with E-state index >= 15 is 0 Å². The molecule has 0 saturated carbocycles. The number of rotatable bonds is 8. The van der Waals surface area contributed by atoms with Gasteiger partial charge in [-0.25, -0.2) is 13.1 Å². The highest BCUT2D eigenvalue weighted by atomic mass is 35.5. The lowest BCUT2D eigenvalue weighted by molar-refractivity contribution is 0.576. The highest BCUT2D eigenvalue weighted by Crippen LogP contribution is 2.32. The number of hydrogen-bond donors (Lipinski definition) is 2. The van der Waals surface area contributed by atoms with Crippen LogP contribution in [0.2, 0.25) is 10.0 Å². The van der Waals surface area contributed by atoms with E-state index < -0.39 is 10.0 Å². The molecule has 0 aliphatic carbocycles. The molecule has 114 valence electrons. The summed E-state index contributed by atoms with van der Waals surface area (Å²) in [5, 5.41) is 0.207. The minimum Gasteiger partial charge on any atom is -0.396 e. The van der Waals surface area contributed by atoms with Crippen LogP contribution in [0.5, 0.6) is 0 Å². The van der Waals surface area contributed by atoms with Crippen LogP contribution in [-0.2, 0) is 10.0 Å². The number of anilines is 1. The molecular weight excluding hydrogens is 339 g/mol. The summed E-state index contributed by atoms with van der Waals surface area (Å²) in [6.45, 7) is 0.384. The number of benzene rings is 1. The topological polar surface area (TPSA) is 72.2 Å². The molecule has 0 saturated heterocycles. The third kappa shape index (κ3) is 5.00. The minimum atomic E-state index is -3.65. The molecule has 0 aliphatic rings. The minimum absolute atomic E-state index is 0.0348. The van der Waals surface area contributed by atoms with Crippen LogP contribution in [0.1, 0.15) is 19.3 Å². The first-order valence-electron chi connectivity index (χ1n) is 6.12. The van der Waals surface area contributed by atoms with Crippen molar-refractivity contribution in [3.8, 4) is 0 Å². The second-order valence-corrected chi connectivity index (χ2v) is 7.73. The Morgan fingerprint density at radius 1 is 1.25 bits per heavy atom. The van der Waals surface area contributed by atoms with Gasteiger partial charge in [0, 0.05) is 6.54 Å². The van der Waals surface area contributed by atoms with Crippen LogP contribution in [-0.4, -0.2) is 27.0 Å². The van der Waals surface area contributed by atoms with Crippen molar-refractivity contribution in [3.63, 3.8) is 0 Å². The van der Waals surface area contributed by atoms with Gasteiger partial charge in [-0.1, -0.05) is 29.6 Å². The maximum atomic E-state index is 12.1. The standard InChI is InChI=1S/C12H18Cl2N2O2S2/c1-19-8-4-2-3-7-16-20(17,18)10-6-5-9(13)12(15)11(10)14/h5-6,16H,2-4,7-8,15H2,1H3. The number of thioether (sulfide) groups is 1. The van der Waals surface area contributed by atoms with Gasteiger partial charge in [-0.3, -0.25) is 0 Å². The van der Waals surface area contributed by atoms with Crippen molar-refractivity contribution in [2.75, 3.05) is 24.3 Å². The summed E-state index contributed by atoms with van der Waals surface area (Å²) in [7, 11) is -3.65. The quantitative estimate of drug-likeness (QED) is 0.553. The summed E-state index contributed by atoms with van der Waals surface area (Å²) in [4.78, 5) is -0.0369. The van der Waals surface area contributed by atoms with Crippen LogP contribution in [0.25, 0.3) is 0 Å². The molecule has 0 aliphatic heterocycles. The van der Waals surface area contributed by atoms with E-state index in [1.807, 2.05) is 0 Å². The second-order valence-electron chi connectivity index (χ2n) is 4.22. The number of sulfonamides is 1. The first-order valence-corrected chi connectivity index (χ1v) is 9.75. The predicted molar refractivity (Wildman–Crippen MR) is 88.3 cm³/mol. The average Bonchev–Trinajstić information content (AvgIpc) is 2.39. The summed E-state index contributed by atoms with van der Waals surface area (Å²) in [5.41, 5.74) is 5.71. The van der Waals surface area contributed by atoms with Crippen molar-refractivity contribution >= 4 is 50.7 Å². The molecule has 1 aromatic rings. The number of hydrogen-bond acceptors (Lipinski definition) is 4. The summed E-state index contributed by atoms with van der Waals surface area (Å²) >= 11 is 13.5. The lowest BCUT2D eigenvalue weighted by Crippen LogP contribution is -2.25. The molecule has 0 unspecified atom stereocenters. The number of nitrogens with two attached hydrogens (primary N) is 1. The Hall–Kier alpha value is -0.140. The lowest BCUT2D eigenvalue weighted by atomic mass is 10.2. The van der Waals surface area contributed by atoms with Gasteiger partial charge < -0.3 is 5.73 Å². The van der Waals surface area contributed by atoms with E-state index in [0.717, 1.165) is 25.0 Å². The summed E-state index contributed by atoms with van der Waals surface area (Å²) in [5.74, 6) is 1.09. The van der Waals surface area contributed by atoms with Crippen LogP contribution in [0, 0.1) is 0 Å². The molecule has 1 rings (SSSR count). The Labute approximate surface area is 134 Å². The molecule has 0 atom stereocenters. The van der Waals surface area contributed by atoms with E-state index in [4.69, 9.17) is 28.9 Å². The van der Waals surface area contributed by atoms with Gasteiger partial charge in [-0.2, -0.15) is 11.8 Å². The molecule has 0 bridgehead atoms. The fourth-order valence-corrected chi connectivity index (χ4v) is 3.92. The number of unbranched alkanes of at least 4 members (excludes halogenated alkanes) is 2. The molecule has 20 heavy (non-hydrogen) atoms. The molecule has 0 spiro atoms. The Balaban J connectivity index is 2.63. The predicted octanol–water partition coefficient (Wildman–Crippen LogP) is 3.39. The normalized spacial score (nSPS) is 11.8. The third-order valence-corrected chi connectivity index (χ3v) is 5.75. The van der Waals surface area contributed by atoms with Gasteiger partial charge in [0.2, 0.25) is 10.0 Å². The fraction of sp³-hybridized carbons (Fsp3) is 0.500. The molecular formula is C12H18Cl2N2O2S2. The first kappa shape index (κ1) is 17.9. The zero-order chi connectivity index (χ0) is 15.2. The van der Waals surface area contributed by atoms with Crippen molar-refractivity contribution in [2.45, 2.75) is 24.2 Å². The zero-order valence-corrected chi connectivity index (χ0v) is 14.3. The SMILES string of the molecule is CSCCCCCNS(=O)(=O)c1ccc(Cl)c(N)c1Cl. The van der Waals surface area contributed by atoms with E-state index in [1.165, 1.54) is 12.1 Å². The van der Waals surface area contributed by atoms with Gasteiger partial charge in [0.1, 0.15) is 4.90 Å². The Morgan fingerprint density at radius 2 is 1.95 bits per heavy atom. The Kier molecular flexibility index (Phi) is 7.47. The molecule has 0 radical (unpaired) electrons. The van der Waals surface area contributed by atoms with Crippen LogP contribution in [0.15, 0.2) is 17.0 Å². The molecule has 8 heteroatoms. The summed E-state index contributed by atoms with van der Waals surface area (Å²) in [6, 6.07) is 2.78. The highest BCUT2D eigenvalue weighted by Gasteiger charge is 2.20. The zero-order valence-electron chi connectivity index (χ0n) is 11.2. The number of nitrogens with one attached hydrogen (secondary N) is 1. The Bertz CT molecular complexity index is 551. The van der Waals surface area contributed by atoms with Crippen molar-refractivity contribution in [2.24, 2.45) is 0 Å². The molecule has 0 aromatic heterocycles. The molecule has 1 aromatic carbocycles. The van der Waals surface area contributed by atoms with E-state index in [2.05, 4.69) is 11.0 Å². The second kappa shape index (κ2) is 8.34. The van der Waals surface area contributed by atoms with E-state index in [0.29, 0.717) is 6.54 Å². The van der Waals surface area contributed by atoms with Crippen LogP contribution in [0.4, 0.5) is 5.69 Å². The maximum absolute atomic E-state index is 12.1. The van der Waals surface area contributed by atoms with Crippen molar-refractivity contribution in [1.29, 1.82) is 0 Å². The van der Waals surface area contributed by atoms with Crippen molar-refractivity contribution in [1.82, 2.24) is 4.72 Å². The fourth-order valence-electron chi connectivity index (χ4n) is 1.59. The van der Waals surface area contributed by atoms with Gasteiger partial charge in [-0.05, 0) is 37.0 Å². The number of nitrogen functional groups attached to an aromatic ring is 1. The molecule has 4 nitrogen and oxygen atoms in total. The van der Waals surface area contributed by atoms with E-state index in [1.54, 1.807) is 11.8 Å². The van der Waals surface area contributed by atoms with E-state index in [-0.39, 0.29) is 20.6 Å². The van der Waals surface area contributed by atoms with Crippen LogP contribution in [0.3, 0.4) is 0 Å². The number of halogens is 2. The maximum Gasteiger partial charge on any atom is 0.242 e. The van der Waals surface area contributed by atoms with Gasteiger partial charge >= 0.3 is 0 Å². The third-order valence-electron chi connectivity index (χ3n) is 2.70. The largest absolute Gasteiger partial charge is 0.396 e. The van der Waals surface area contributed by atoms with Gasteiger partial charge in [-0.15, -0.1) is 0 Å². The molecule has 3 N–H and O–H groups in total. The highest BCUT2D eigenvalue weighted by molar-refractivity contribution is 7.98. The molecule has 0 heterocycles. The molecule has 0 fully saturated rings. The Morgan fingerprint density at radius 3 is 2.60 bits per heavy atom. The summed E-state index contributed by atoms with van der Waals surface area (Å²) in [6.07, 6.45) is 4.91. The lowest BCUT2D eigenvalue weighted by Gasteiger charge is -2.10. The van der Waals surface area contributed by atoms with Crippen molar-refractivity contribution in [3.05, 3.63) is 22.2 Å². The summed E-state index contributed by atoms with van der Waals surface area (Å²) < 4.78 is 26.7. The average molecular weight is 357 g/mol. The van der Waals surface area contributed by atoms with Crippen LogP contribution < -0.4 is 10.5 Å². The van der Waals surface area contributed by atoms with Gasteiger partial charge in [0.25, 0.3) is 0 Å².